The van der Waals surface area contributed by atoms with Gasteiger partial charge in [-0.1, -0.05) is 40.0 Å². The summed E-state index contributed by atoms with van der Waals surface area (Å²) in [5.41, 5.74) is 0. The second-order valence-electron chi connectivity index (χ2n) is 6.16. The van der Waals surface area contributed by atoms with Crippen molar-refractivity contribution in [1.29, 1.82) is 0 Å². The van der Waals surface area contributed by atoms with Crippen molar-refractivity contribution in [3.63, 3.8) is 0 Å². The monoisotopic (exact) mass is 269 g/mol. The average molecular weight is 269 g/mol. The first kappa shape index (κ1) is 17.0. The molecule has 1 rings (SSSR count). The van der Waals surface area contributed by atoms with Gasteiger partial charge in [0.1, 0.15) is 0 Å². The molecule has 3 atom stereocenters. The Kier molecular flexibility index (Phi) is 9.54. The molecule has 1 N–H and O–H groups in total. The Balaban J connectivity index is 2.37. The highest BCUT2D eigenvalue weighted by Gasteiger charge is 2.27. The van der Waals surface area contributed by atoms with Crippen LogP contribution in [0.2, 0.25) is 0 Å². The standard InChI is InChI=1S/C17H35NO/c1-4-11-18-17(10-13-19-12-5-2)16-9-7-8-15(6-3)14-16/h15-18H,4-14H2,1-3H3. The average Bonchev–Trinajstić information content (AvgIpc) is 2.46. The molecular formula is C17H35NO. The highest BCUT2D eigenvalue weighted by atomic mass is 16.5. The van der Waals surface area contributed by atoms with E-state index in [1.807, 2.05) is 0 Å². The first-order valence-electron chi connectivity index (χ1n) is 8.62. The van der Waals surface area contributed by atoms with Crippen LogP contribution in [0.1, 0.15) is 72.1 Å². The normalized spacial score (nSPS) is 25.4. The van der Waals surface area contributed by atoms with Gasteiger partial charge >= 0.3 is 0 Å². The second kappa shape index (κ2) is 10.7. The van der Waals surface area contributed by atoms with Gasteiger partial charge < -0.3 is 10.1 Å². The molecule has 19 heavy (non-hydrogen) atoms. The number of rotatable bonds is 10. The minimum absolute atomic E-state index is 0.686. The van der Waals surface area contributed by atoms with Gasteiger partial charge in [-0.05, 0) is 50.5 Å². The lowest BCUT2D eigenvalue weighted by Gasteiger charge is -2.35. The zero-order chi connectivity index (χ0) is 13.9. The van der Waals surface area contributed by atoms with E-state index in [2.05, 4.69) is 26.1 Å². The molecule has 0 heterocycles. The van der Waals surface area contributed by atoms with Gasteiger partial charge in [-0.15, -0.1) is 0 Å². The van der Waals surface area contributed by atoms with E-state index in [1.54, 1.807) is 0 Å². The van der Waals surface area contributed by atoms with Gasteiger partial charge in [0.15, 0.2) is 0 Å². The summed E-state index contributed by atoms with van der Waals surface area (Å²) >= 11 is 0. The SMILES string of the molecule is CCCNC(CCOCCC)C1CCCC(CC)C1. The van der Waals surface area contributed by atoms with Crippen molar-refractivity contribution >= 4 is 0 Å². The molecule has 0 radical (unpaired) electrons. The Bertz CT molecular complexity index is 207. The van der Waals surface area contributed by atoms with Crippen molar-refractivity contribution in [2.75, 3.05) is 19.8 Å². The van der Waals surface area contributed by atoms with Crippen molar-refractivity contribution in [2.45, 2.75) is 78.2 Å². The first-order chi connectivity index (χ1) is 9.31. The zero-order valence-electron chi connectivity index (χ0n) is 13.4. The van der Waals surface area contributed by atoms with Crippen LogP contribution < -0.4 is 5.32 Å². The van der Waals surface area contributed by atoms with Crippen LogP contribution in [0.15, 0.2) is 0 Å². The largest absolute Gasteiger partial charge is 0.381 e. The van der Waals surface area contributed by atoms with Crippen LogP contribution in [-0.4, -0.2) is 25.8 Å². The van der Waals surface area contributed by atoms with E-state index in [4.69, 9.17) is 4.74 Å². The van der Waals surface area contributed by atoms with Crippen LogP contribution in [0.25, 0.3) is 0 Å². The number of nitrogens with one attached hydrogen (secondary N) is 1. The Labute approximate surface area is 120 Å². The predicted molar refractivity (Wildman–Crippen MR) is 83.5 cm³/mol. The molecule has 1 aliphatic rings. The minimum Gasteiger partial charge on any atom is -0.381 e. The van der Waals surface area contributed by atoms with Gasteiger partial charge in [0, 0.05) is 19.3 Å². The van der Waals surface area contributed by atoms with Crippen molar-refractivity contribution in [3.05, 3.63) is 0 Å². The molecule has 1 saturated carbocycles. The Morgan fingerprint density at radius 3 is 2.63 bits per heavy atom. The Morgan fingerprint density at radius 1 is 1.11 bits per heavy atom. The molecule has 0 amide bonds. The molecule has 114 valence electrons. The third-order valence-corrected chi connectivity index (χ3v) is 4.55. The molecule has 0 bridgehead atoms. The molecule has 3 unspecified atom stereocenters. The molecule has 0 aromatic rings. The molecule has 2 heteroatoms. The summed E-state index contributed by atoms with van der Waals surface area (Å²) in [4.78, 5) is 0. The molecular weight excluding hydrogens is 234 g/mol. The van der Waals surface area contributed by atoms with E-state index in [0.717, 1.165) is 38.0 Å². The van der Waals surface area contributed by atoms with Gasteiger partial charge in [0.25, 0.3) is 0 Å². The van der Waals surface area contributed by atoms with Gasteiger partial charge in [-0.2, -0.15) is 0 Å². The van der Waals surface area contributed by atoms with Crippen molar-refractivity contribution < 1.29 is 4.74 Å². The fraction of sp³-hybridized carbons (Fsp3) is 1.00. The van der Waals surface area contributed by atoms with E-state index in [9.17, 15) is 0 Å². The van der Waals surface area contributed by atoms with E-state index in [0.29, 0.717) is 6.04 Å². The second-order valence-corrected chi connectivity index (χ2v) is 6.16. The maximum atomic E-state index is 5.70. The van der Waals surface area contributed by atoms with Crippen LogP contribution in [0.5, 0.6) is 0 Å². The van der Waals surface area contributed by atoms with Crippen molar-refractivity contribution in [1.82, 2.24) is 5.32 Å². The summed E-state index contributed by atoms with van der Waals surface area (Å²) in [6.45, 7) is 9.80. The van der Waals surface area contributed by atoms with E-state index >= 15 is 0 Å². The van der Waals surface area contributed by atoms with Gasteiger partial charge in [-0.3, -0.25) is 0 Å². The fourth-order valence-electron chi connectivity index (χ4n) is 3.36. The van der Waals surface area contributed by atoms with Crippen LogP contribution in [-0.2, 0) is 4.74 Å². The highest BCUT2D eigenvalue weighted by molar-refractivity contribution is 4.82. The lowest BCUT2D eigenvalue weighted by atomic mass is 9.76. The summed E-state index contributed by atoms with van der Waals surface area (Å²) in [6.07, 6.45) is 10.7. The van der Waals surface area contributed by atoms with Crippen LogP contribution in [0, 0.1) is 11.8 Å². The van der Waals surface area contributed by atoms with E-state index in [-0.39, 0.29) is 0 Å². The van der Waals surface area contributed by atoms with E-state index in [1.165, 1.54) is 44.9 Å². The van der Waals surface area contributed by atoms with Gasteiger partial charge in [-0.25, -0.2) is 0 Å². The third kappa shape index (κ3) is 6.76. The van der Waals surface area contributed by atoms with Crippen LogP contribution in [0.4, 0.5) is 0 Å². The smallest absolute Gasteiger partial charge is 0.0480 e. The summed E-state index contributed by atoms with van der Waals surface area (Å²) in [6, 6.07) is 0.686. The van der Waals surface area contributed by atoms with Crippen molar-refractivity contribution in [2.24, 2.45) is 11.8 Å². The topological polar surface area (TPSA) is 21.3 Å². The fourth-order valence-corrected chi connectivity index (χ4v) is 3.36. The molecule has 0 spiro atoms. The minimum atomic E-state index is 0.686. The quantitative estimate of drug-likeness (QED) is 0.594. The molecule has 0 saturated heterocycles. The Hall–Kier alpha value is -0.0800. The number of ether oxygens (including phenoxy) is 1. The maximum absolute atomic E-state index is 5.70. The maximum Gasteiger partial charge on any atom is 0.0480 e. The van der Waals surface area contributed by atoms with Gasteiger partial charge in [0.2, 0.25) is 0 Å². The molecule has 1 fully saturated rings. The molecule has 0 aromatic carbocycles. The lowest BCUT2D eigenvalue weighted by Crippen LogP contribution is -2.40. The molecule has 2 nitrogen and oxygen atoms in total. The first-order valence-corrected chi connectivity index (χ1v) is 8.62. The number of hydrogen-bond donors (Lipinski definition) is 1. The number of hydrogen-bond acceptors (Lipinski definition) is 2. The predicted octanol–water partition coefficient (Wildman–Crippen LogP) is 4.39. The summed E-state index contributed by atoms with van der Waals surface area (Å²) in [5.74, 6) is 1.86. The van der Waals surface area contributed by atoms with Crippen LogP contribution >= 0.6 is 0 Å². The zero-order valence-corrected chi connectivity index (χ0v) is 13.4. The van der Waals surface area contributed by atoms with Crippen molar-refractivity contribution in [3.8, 4) is 0 Å². The molecule has 1 aliphatic carbocycles. The molecule has 0 aliphatic heterocycles. The van der Waals surface area contributed by atoms with Gasteiger partial charge in [0.05, 0.1) is 0 Å². The lowest BCUT2D eigenvalue weighted by molar-refractivity contribution is 0.108. The summed E-state index contributed by atoms with van der Waals surface area (Å²) in [5, 5.41) is 3.78. The van der Waals surface area contributed by atoms with E-state index < -0.39 is 0 Å². The third-order valence-electron chi connectivity index (χ3n) is 4.55. The highest BCUT2D eigenvalue weighted by Crippen LogP contribution is 2.33. The van der Waals surface area contributed by atoms with Crippen LogP contribution in [0.3, 0.4) is 0 Å². The summed E-state index contributed by atoms with van der Waals surface area (Å²) in [7, 11) is 0. The molecule has 0 aromatic heterocycles. The Morgan fingerprint density at radius 2 is 1.95 bits per heavy atom. The summed E-state index contributed by atoms with van der Waals surface area (Å²) < 4.78 is 5.70.